The topological polar surface area (TPSA) is 52.3 Å². The van der Waals surface area contributed by atoms with Gasteiger partial charge >= 0.3 is 0 Å². The first kappa shape index (κ1) is 12.0. The van der Waals surface area contributed by atoms with E-state index >= 15 is 0 Å². The van der Waals surface area contributed by atoms with Gasteiger partial charge in [0.1, 0.15) is 5.75 Å². The van der Waals surface area contributed by atoms with Gasteiger partial charge in [0.2, 0.25) is 5.91 Å². The molecule has 0 spiro atoms. The van der Waals surface area contributed by atoms with Crippen molar-refractivity contribution in [2.24, 2.45) is 11.7 Å². The van der Waals surface area contributed by atoms with Crippen molar-refractivity contribution in [3.05, 3.63) is 29.3 Å². The Bertz CT molecular complexity index is 415. The second kappa shape index (κ2) is 5.21. The Hall–Kier alpha value is -1.51. The predicted octanol–water partition coefficient (Wildman–Crippen LogP) is 2.07. The van der Waals surface area contributed by atoms with Crippen molar-refractivity contribution in [2.45, 2.75) is 32.6 Å². The zero-order chi connectivity index (χ0) is 12.3. The fourth-order valence-corrected chi connectivity index (χ4v) is 2.10. The first-order valence-electron chi connectivity index (χ1n) is 6.21. The second-order valence-corrected chi connectivity index (χ2v) is 4.75. The highest BCUT2D eigenvalue weighted by Crippen LogP contribution is 2.25. The Kier molecular flexibility index (Phi) is 3.67. The number of fused-ring (bicyclic) bond motifs is 1. The van der Waals surface area contributed by atoms with Crippen molar-refractivity contribution in [2.75, 3.05) is 6.61 Å². The van der Waals surface area contributed by atoms with Crippen LogP contribution in [0.15, 0.2) is 18.2 Å². The Balaban J connectivity index is 2.00. The molecule has 1 atom stereocenters. The molecule has 1 aliphatic carbocycles. The van der Waals surface area contributed by atoms with Gasteiger partial charge in [-0.3, -0.25) is 4.79 Å². The van der Waals surface area contributed by atoms with Crippen molar-refractivity contribution in [1.29, 1.82) is 0 Å². The number of carbonyl (C=O) groups excluding carboxylic acids is 1. The van der Waals surface area contributed by atoms with Gasteiger partial charge in [0, 0.05) is 0 Å². The van der Waals surface area contributed by atoms with Crippen molar-refractivity contribution in [1.82, 2.24) is 0 Å². The highest BCUT2D eigenvalue weighted by atomic mass is 16.5. The summed E-state index contributed by atoms with van der Waals surface area (Å²) < 4.78 is 5.59. The molecule has 3 nitrogen and oxygen atoms in total. The molecule has 17 heavy (non-hydrogen) atoms. The van der Waals surface area contributed by atoms with Crippen LogP contribution in [0.1, 0.15) is 30.9 Å². The van der Waals surface area contributed by atoms with E-state index in [1.807, 2.05) is 6.07 Å². The highest BCUT2D eigenvalue weighted by molar-refractivity contribution is 5.76. The summed E-state index contributed by atoms with van der Waals surface area (Å²) in [6.45, 7) is 2.13. The predicted molar refractivity (Wildman–Crippen MR) is 66.9 cm³/mol. The number of nitrogens with two attached hydrogens (primary N) is 1. The lowest BCUT2D eigenvalue weighted by molar-refractivity contribution is -0.122. The maximum absolute atomic E-state index is 10.9. The van der Waals surface area contributed by atoms with Crippen LogP contribution in [-0.2, 0) is 17.6 Å². The first-order chi connectivity index (χ1) is 8.16. The Labute approximate surface area is 102 Å². The lowest BCUT2D eigenvalue weighted by Gasteiger charge is -2.17. The van der Waals surface area contributed by atoms with Crippen LogP contribution >= 0.6 is 0 Å². The lowest BCUT2D eigenvalue weighted by atomic mass is 9.92. The van der Waals surface area contributed by atoms with Crippen molar-refractivity contribution in [3.63, 3.8) is 0 Å². The number of hydrogen-bond donors (Lipinski definition) is 1. The summed E-state index contributed by atoms with van der Waals surface area (Å²) in [6.07, 6.45) is 4.85. The summed E-state index contributed by atoms with van der Waals surface area (Å²) in [5.74, 6) is 0.285. The van der Waals surface area contributed by atoms with Crippen LogP contribution in [0.3, 0.4) is 0 Å². The Morgan fingerprint density at radius 2 is 2.06 bits per heavy atom. The Morgan fingerprint density at radius 3 is 2.76 bits per heavy atom. The number of ether oxygens (including phenoxy) is 1. The summed E-state index contributed by atoms with van der Waals surface area (Å²) in [4.78, 5) is 10.9. The lowest BCUT2D eigenvalue weighted by Crippen LogP contribution is -2.25. The molecule has 1 aliphatic rings. The molecule has 0 saturated carbocycles. The molecular formula is C14H19NO2. The van der Waals surface area contributed by atoms with Gasteiger partial charge in [-0.2, -0.15) is 0 Å². The Morgan fingerprint density at radius 1 is 1.35 bits per heavy atom. The normalized spacial score (nSPS) is 16.1. The molecule has 2 N–H and O–H groups in total. The van der Waals surface area contributed by atoms with Crippen LogP contribution in [0.25, 0.3) is 0 Å². The number of primary amides is 1. The molecule has 0 fully saturated rings. The second-order valence-electron chi connectivity index (χ2n) is 4.75. The van der Waals surface area contributed by atoms with Crippen molar-refractivity contribution >= 4 is 5.91 Å². The minimum absolute atomic E-state index is 0.244. The molecule has 1 aromatic rings. The number of amides is 1. The molecule has 92 valence electrons. The van der Waals surface area contributed by atoms with Crippen LogP contribution in [0.5, 0.6) is 5.75 Å². The molecule has 0 radical (unpaired) electrons. The molecule has 0 aromatic heterocycles. The van der Waals surface area contributed by atoms with Crippen LogP contribution < -0.4 is 10.5 Å². The van der Waals surface area contributed by atoms with E-state index in [4.69, 9.17) is 10.5 Å². The quantitative estimate of drug-likeness (QED) is 0.865. The fourth-order valence-electron chi connectivity index (χ4n) is 2.10. The van der Waals surface area contributed by atoms with Gasteiger partial charge in [0.05, 0.1) is 12.5 Å². The van der Waals surface area contributed by atoms with E-state index in [1.165, 1.54) is 30.4 Å². The van der Waals surface area contributed by atoms with Gasteiger partial charge in [0.15, 0.2) is 0 Å². The smallest absolute Gasteiger partial charge is 0.223 e. The van der Waals surface area contributed by atoms with E-state index in [9.17, 15) is 4.79 Å². The van der Waals surface area contributed by atoms with Gasteiger partial charge < -0.3 is 10.5 Å². The van der Waals surface area contributed by atoms with E-state index in [2.05, 4.69) is 12.1 Å². The third-order valence-electron chi connectivity index (χ3n) is 3.31. The number of rotatable bonds is 4. The van der Waals surface area contributed by atoms with Gasteiger partial charge in [-0.15, -0.1) is 0 Å². The first-order valence-corrected chi connectivity index (χ1v) is 6.21. The minimum atomic E-state index is -0.317. The number of benzene rings is 1. The van der Waals surface area contributed by atoms with E-state index in [-0.39, 0.29) is 11.8 Å². The third kappa shape index (κ3) is 2.99. The minimum Gasteiger partial charge on any atom is -0.493 e. The molecule has 0 bridgehead atoms. The molecule has 0 saturated heterocycles. The molecule has 1 unspecified atom stereocenters. The van der Waals surface area contributed by atoms with Crippen molar-refractivity contribution in [3.8, 4) is 5.75 Å². The summed E-state index contributed by atoms with van der Waals surface area (Å²) in [5, 5.41) is 0. The zero-order valence-corrected chi connectivity index (χ0v) is 10.2. The third-order valence-corrected chi connectivity index (χ3v) is 3.31. The maximum Gasteiger partial charge on any atom is 0.223 e. The fraction of sp³-hybridized carbons (Fsp3) is 0.500. The SMILES string of the molecule is CC(COc1ccc2c(c1)CCCC2)C(N)=O. The summed E-state index contributed by atoms with van der Waals surface area (Å²) >= 11 is 0. The number of hydrogen-bond acceptors (Lipinski definition) is 2. The molecule has 0 aliphatic heterocycles. The van der Waals surface area contributed by atoms with Gasteiger partial charge in [-0.1, -0.05) is 13.0 Å². The zero-order valence-electron chi connectivity index (χ0n) is 10.2. The van der Waals surface area contributed by atoms with Gasteiger partial charge in [-0.25, -0.2) is 0 Å². The standard InChI is InChI=1S/C14H19NO2/c1-10(14(15)16)9-17-13-7-6-11-4-2-3-5-12(11)8-13/h6-8,10H,2-5,9H2,1H3,(H2,15,16). The average Bonchev–Trinajstić information content (AvgIpc) is 2.35. The molecule has 1 aromatic carbocycles. The van der Waals surface area contributed by atoms with Crippen molar-refractivity contribution < 1.29 is 9.53 Å². The van der Waals surface area contributed by atoms with E-state index in [0.717, 1.165) is 12.2 Å². The molecule has 2 rings (SSSR count). The van der Waals surface area contributed by atoms with Crippen LogP contribution in [-0.4, -0.2) is 12.5 Å². The summed E-state index contributed by atoms with van der Waals surface area (Å²) in [7, 11) is 0. The van der Waals surface area contributed by atoms with Gasteiger partial charge in [-0.05, 0) is 48.9 Å². The maximum atomic E-state index is 10.9. The monoisotopic (exact) mass is 233 g/mol. The van der Waals surface area contributed by atoms with Crippen LogP contribution in [0.2, 0.25) is 0 Å². The average molecular weight is 233 g/mol. The van der Waals surface area contributed by atoms with E-state index in [1.54, 1.807) is 6.92 Å². The number of aryl methyl sites for hydroxylation is 2. The molecule has 0 heterocycles. The molecule has 3 heteroatoms. The van der Waals surface area contributed by atoms with E-state index in [0.29, 0.717) is 6.61 Å². The largest absolute Gasteiger partial charge is 0.493 e. The summed E-state index contributed by atoms with van der Waals surface area (Å²) in [6, 6.07) is 6.22. The number of carbonyl (C=O) groups is 1. The van der Waals surface area contributed by atoms with Crippen LogP contribution in [0, 0.1) is 5.92 Å². The van der Waals surface area contributed by atoms with Gasteiger partial charge in [0.25, 0.3) is 0 Å². The summed E-state index contributed by atoms with van der Waals surface area (Å²) in [5.41, 5.74) is 8.02. The molecule has 1 amide bonds. The highest BCUT2D eigenvalue weighted by Gasteiger charge is 2.12. The van der Waals surface area contributed by atoms with Crippen LogP contribution in [0.4, 0.5) is 0 Å². The van der Waals surface area contributed by atoms with E-state index < -0.39 is 0 Å². The molecular weight excluding hydrogens is 214 g/mol.